The van der Waals surface area contributed by atoms with Crippen molar-refractivity contribution in [2.75, 3.05) is 13.2 Å². The van der Waals surface area contributed by atoms with Crippen LogP contribution in [-0.2, 0) is 28.6 Å². The molecule has 9 heteroatoms. The third-order valence-electron chi connectivity index (χ3n) is 6.59. The van der Waals surface area contributed by atoms with Crippen molar-refractivity contribution in [2.45, 2.75) is 103 Å². The lowest BCUT2D eigenvalue weighted by atomic mass is 9.92. The van der Waals surface area contributed by atoms with E-state index < -0.39 is 42.3 Å². The molecule has 3 N–H and O–H groups in total. The number of carbonyl (C=O) groups is 3. The summed E-state index contributed by atoms with van der Waals surface area (Å²) in [6.45, 7) is 5.62. The van der Waals surface area contributed by atoms with Gasteiger partial charge in [0, 0.05) is 36.8 Å². The first kappa shape index (κ1) is 29.0. The van der Waals surface area contributed by atoms with Gasteiger partial charge in [0.15, 0.2) is 5.76 Å². The second-order valence-corrected chi connectivity index (χ2v) is 9.67. The van der Waals surface area contributed by atoms with Crippen molar-refractivity contribution < 1.29 is 43.9 Å². The van der Waals surface area contributed by atoms with E-state index in [4.69, 9.17) is 19.3 Å². The molecular weight excluding hydrogens is 456 g/mol. The van der Waals surface area contributed by atoms with E-state index in [-0.39, 0.29) is 31.0 Å². The van der Waals surface area contributed by atoms with E-state index in [2.05, 4.69) is 0 Å². The molecule has 2 aliphatic rings. The Morgan fingerprint density at radius 3 is 2.43 bits per heavy atom. The molecule has 5 atom stereocenters. The maximum atomic E-state index is 12.9. The Labute approximate surface area is 207 Å². The van der Waals surface area contributed by atoms with Gasteiger partial charge >= 0.3 is 11.9 Å². The summed E-state index contributed by atoms with van der Waals surface area (Å²) in [6.07, 6.45) is 4.44. The maximum absolute atomic E-state index is 12.9. The summed E-state index contributed by atoms with van der Waals surface area (Å²) < 4.78 is 16.7. The van der Waals surface area contributed by atoms with Crippen LogP contribution >= 0.6 is 0 Å². The summed E-state index contributed by atoms with van der Waals surface area (Å²) in [5, 5.41) is 28.8. The number of Topliss-reactive ketones (excluding diaryl/α,β-unsaturated/α-hetero) is 1. The highest BCUT2D eigenvalue weighted by molar-refractivity contribution is 5.99. The second kappa shape index (κ2) is 14.4. The fourth-order valence-corrected chi connectivity index (χ4v) is 4.21. The minimum absolute atomic E-state index is 0.208. The number of carboxylic acid groups (broad SMARTS) is 1. The predicted molar refractivity (Wildman–Crippen MR) is 127 cm³/mol. The molecule has 0 saturated carbocycles. The lowest BCUT2D eigenvalue weighted by Crippen LogP contribution is -2.37. The van der Waals surface area contributed by atoms with Gasteiger partial charge in [0.25, 0.3) is 0 Å². The molecule has 2 aliphatic heterocycles. The van der Waals surface area contributed by atoms with Crippen molar-refractivity contribution in [3.63, 3.8) is 0 Å². The highest BCUT2D eigenvalue weighted by Crippen LogP contribution is 2.35. The number of aliphatic hydroxyl groups excluding tert-OH is 2. The number of carboxylic acids is 1. The van der Waals surface area contributed by atoms with Crippen LogP contribution in [0.2, 0.25) is 0 Å². The van der Waals surface area contributed by atoms with Crippen molar-refractivity contribution in [1.82, 2.24) is 0 Å². The minimum atomic E-state index is -0.903. The van der Waals surface area contributed by atoms with Gasteiger partial charge in [0.05, 0.1) is 25.4 Å². The van der Waals surface area contributed by atoms with Gasteiger partial charge in [-0.2, -0.15) is 0 Å². The van der Waals surface area contributed by atoms with Gasteiger partial charge < -0.3 is 29.5 Å². The molecule has 0 bridgehead atoms. The van der Waals surface area contributed by atoms with Crippen LogP contribution in [0.3, 0.4) is 0 Å². The number of ketones is 1. The summed E-state index contributed by atoms with van der Waals surface area (Å²) in [5.74, 6) is -1.68. The van der Waals surface area contributed by atoms with Crippen LogP contribution in [0.5, 0.6) is 0 Å². The first-order chi connectivity index (χ1) is 16.6. The highest BCUT2D eigenvalue weighted by Gasteiger charge is 2.42. The normalized spacial score (nSPS) is 22.9. The first-order valence-corrected chi connectivity index (χ1v) is 12.6. The van der Waals surface area contributed by atoms with Crippen LogP contribution < -0.4 is 0 Å². The van der Waals surface area contributed by atoms with Crippen molar-refractivity contribution in [2.24, 2.45) is 5.92 Å². The Bertz CT molecular complexity index is 799. The predicted octanol–water partition coefficient (Wildman–Crippen LogP) is 3.07. The van der Waals surface area contributed by atoms with Crippen molar-refractivity contribution in [3.05, 3.63) is 23.0 Å². The summed E-state index contributed by atoms with van der Waals surface area (Å²) in [7, 11) is 0. The Hall–Kier alpha value is -2.23. The lowest BCUT2D eigenvalue weighted by Gasteiger charge is -2.26. The van der Waals surface area contributed by atoms with E-state index in [0.29, 0.717) is 25.0 Å². The smallest absolute Gasteiger partial charge is 0.330 e. The molecule has 0 aromatic carbocycles. The van der Waals surface area contributed by atoms with Crippen LogP contribution in [0.25, 0.3) is 0 Å². The topological polar surface area (TPSA) is 140 Å². The first-order valence-electron chi connectivity index (χ1n) is 12.6. The van der Waals surface area contributed by atoms with E-state index in [1.54, 1.807) is 20.8 Å². The average Bonchev–Trinajstić information content (AvgIpc) is 3.23. The third-order valence-corrected chi connectivity index (χ3v) is 6.59. The number of carbonyl (C=O) groups excluding carboxylic acids is 2. The van der Waals surface area contributed by atoms with E-state index >= 15 is 0 Å². The van der Waals surface area contributed by atoms with Crippen molar-refractivity contribution in [3.8, 4) is 0 Å². The summed E-state index contributed by atoms with van der Waals surface area (Å²) in [5.41, 5.74) is 1.38. The molecule has 0 saturated heterocycles. The van der Waals surface area contributed by atoms with Crippen LogP contribution in [0.15, 0.2) is 23.0 Å². The van der Waals surface area contributed by atoms with E-state index in [1.807, 2.05) is 0 Å². The van der Waals surface area contributed by atoms with Gasteiger partial charge in [-0.3, -0.25) is 9.59 Å². The molecule has 198 valence electrons. The van der Waals surface area contributed by atoms with E-state index in [0.717, 1.165) is 37.7 Å². The van der Waals surface area contributed by atoms with Crippen LogP contribution in [0, 0.1) is 5.92 Å². The SMILES string of the molecule is C/C(=C\C(=O)OCCCCCCCCC(=O)O)C[C@@H]1OCC2=C(OC([C@@H](O)[C@@H](C)[C@H](C)O)C2)C1=O. The zero-order valence-corrected chi connectivity index (χ0v) is 21.0. The Morgan fingerprint density at radius 2 is 1.77 bits per heavy atom. The highest BCUT2D eigenvalue weighted by atomic mass is 16.5. The maximum Gasteiger partial charge on any atom is 0.330 e. The monoisotopic (exact) mass is 496 g/mol. The summed E-state index contributed by atoms with van der Waals surface area (Å²) in [6, 6.07) is 0. The van der Waals surface area contributed by atoms with Gasteiger partial charge in [0.1, 0.15) is 12.2 Å². The summed E-state index contributed by atoms with van der Waals surface area (Å²) in [4.78, 5) is 35.4. The van der Waals surface area contributed by atoms with Crippen molar-refractivity contribution >= 4 is 17.7 Å². The molecular formula is C26H40O9. The molecule has 0 spiro atoms. The van der Waals surface area contributed by atoms with Gasteiger partial charge in [0.2, 0.25) is 5.78 Å². The molecule has 2 heterocycles. The average molecular weight is 497 g/mol. The molecule has 35 heavy (non-hydrogen) atoms. The fraction of sp³-hybridized carbons (Fsp3) is 0.731. The largest absolute Gasteiger partial charge is 0.483 e. The summed E-state index contributed by atoms with van der Waals surface area (Å²) >= 11 is 0. The Kier molecular flexibility index (Phi) is 11.9. The number of rotatable bonds is 15. The van der Waals surface area contributed by atoms with Gasteiger partial charge in [-0.1, -0.05) is 38.2 Å². The number of esters is 1. The number of aliphatic hydroxyl groups is 2. The molecule has 0 radical (unpaired) electrons. The molecule has 0 aromatic rings. The number of hydrogen-bond donors (Lipinski definition) is 3. The Morgan fingerprint density at radius 1 is 1.11 bits per heavy atom. The van der Waals surface area contributed by atoms with Gasteiger partial charge in [-0.15, -0.1) is 0 Å². The molecule has 0 aliphatic carbocycles. The van der Waals surface area contributed by atoms with E-state index in [1.165, 1.54) is 6.08 Å². The standard InChI is InChI=1S/C26H40O9/c1-16(13-23(30)33-11-9-7-5-4-6-8-10-22(28)29)12-20-25(32)26-19(15-34-20)14-21(35-26)24(31)17(2)18(3)27/h13,17-18,20-21,24,27,31H,4-12,14-15H2,1-3H3,(H,28,29)/b16-13+/t17-,18-,20-,21?,24-/m0/s1. The number of unbranched alkanes of at least 4 members (excludes halogenated alkanes) is 5. The number of hydrogen-bond acceptors (Lipinski definition) is 8. The number of ether oxygens (including phenoxy) is 3. The molecule has 1 unspecified atom stereocenters. The molecule has 9 nitrogen and oxygen atoms in total. The van der Waals surface area contributed by atoms with Crippen LogP contribution in [0.1, 0.15) is 78.6 Å². The Balaban J connectivity index is 1.69. The van der Waals surface area contributed by atoms with Crippen LogP contribution in [0.4, 0.5) is 0 Å². The zero-order chi connectivity index (χ0) is 26.0. The lowest BCUT2D eigenvalue weighted by molar-refractivity contribution is -0.138. The van der Waals surface area contributed by atoms with Crippen LogP contribution in [-0.4, -0.2) is 70.7 Å². The molecule has 0 aromatic heterocycles. The molecule has 0 fully saturated rings. The van der Waals surface area contributed by atoms with Crippen molar-refractivity contribution in [1.29, 1.82) is 0 Å². The van der Waals surface area contributed by atoms with Gasteiger partial charge in [-0.05, 0) is 26.7 Å². The minimum Gasteiger partial charge on any atom is -0.483 e. The second-order valence-electron chi connectivity index (χ2n) is 9.67. The fourth-order valence-electron chi connectivity index (χ4n) is 4.21. The van der Waals surface area contributed by atoms with E-state index in [9.17, 15) is 24.6 Å². The third kappa shape index (κ3) is 9.39. The molecule has 0 amide bonds. The number of aliphatic carboxylic acids is 1. The molecule has 2 rings (SSSR count). The quantitative estimate of drug-likeness (QED) is 0.177. The van der Waals surface area contributed by atoms with Gasteiger partial charge in [-0.25, -0.2) is 4.79 Å². The zero-order valence-electron chi connectivity index (χ0n) is 21.0.